The van der Waals surface area contributed by atoms with E-state index in [4.69, 9.17) is 10.2 Å². The van der Waals surface area contributed by atoms with Crippen molar-refractivity contribution in [2.24, 2.45) is 0 Å². The second-order valence-corrected chi connectivity index (χ2v) is 2.11. The molecular weight excluding hydrogens is 118 g/mol. The highest BCUT2D eigenvalue weighted by molar-refractivity contribution is 4.56. The monoisotopic (exact) mass is 133 g/mol. The van der Waals surface area contributed by atoms with Crippen molar-refractivity contribution >= 4 is 0 Å². The van der Waals surface area contributed by atoms with Crippen LogP contribution in [0.3, 0.4) is 0 Å². The van der Waals surface area contributed by atoms with Gasteiger partial charge in [-0.25, -0.2) is 0 Å². The molecule has 0 aliphatic heterocycles. The highest BCUT2D eigenvalue weighted by atomic mass is 16.3. The molecule has 0 unspecified atom stereocenters. The van der Waals surface area contributed by atoms with Crippen molar-refractivity contribution in [2.45, 2.75) is 19.4 Å². The maximum atomic E-state index is 8.51. The minimum atomic E-state index is 0.150. The Labute approximate surface area is 55.7 Å². The number of nitrogens with one attached hydrogen (secondary N) is 1. The van der Waals surface area contributed by atoms with Crippen LogP contribution in [0.25, 0.3) is 0 Å². The fraction of sp³-hybridized carbons (Fsp3) is 1.00. The van der Waals surface area contributed by atoms with E-state index in [-0.39, 0.29) is 19.3 Å². The van der Waals surface area contributed by atoms with E-state index >= 15 is 0 Å². The normalized spacial score (nSPS) is 13.7. The predicted octanol–water partition coefficient (Wildman–Crippen LogP) is -0.661. The van der Waals surface area contributed by atoms with Crippen LogP contribution in [-0.2, 0) is 0 Å². The van der Waals surface area contributed by atoms with Crippen molar-refractivity contribution in [3.63, 3.8) is 0 Å². The molecule has 0 heterocycles. The zero-order valence-corrected chi connectivity index (χ0v) is 5.80. The third-order valence-corrected chi connectivity index (χ3v) is 1.10. The van der Waals surface area contributed by atoms with Gasteiger partial charge in [0.1, 0.15) is 0 Å². The Hall–Kier alpha value is -0.120. The summed E-state index contributed by atoms with van der Waals surface area (Å²) in [7, 11) is 0. The van der Waals surface area contributed by atoms with E-state index < -0.39 is 0 Å². The Balaban J connectivity index is 2.88. The zero-order valence-electron chi connectivity index (χ0n) is 5.80. The van der Waals surface area contributed by atoms with Crippen LogP contribution in [0.4, 0.5) is 0 Å². The number of aliphatic hydroxyl groups is 2. The summed E-state index contributed by atoms with van der Waals surface area (Å²) in [6, 6.07) is 0.150. The molecule has 0 saturated carbocycles. The third-order valence-electron chi connectivity index (χ3n) is 1.10. The van der Waals surface area contributed by atoms with E-state index in [9.17, 15) is 0 Å². The van der Waals surface area contributed by atoms with Gasteiger partial charge in [-0.2, -0.15) is 0 Å². The largest absolute Gasteiger partial charge is 0.396 e. The summed E-state index contributed by atoms with van der Waals surface area (Å²) in [5.74, 6) is 0. The average molecular weight is 133 g/mol. The standard InChI is InChI=1S/C6H15NO2/c1-6(5-9)7-3-2-4-8/h6-9H,2-5H2,1H3/t6-/m0/s1. The Bertz CT molecular complexity index is 59.0. The summed E-state index contributed by atoms with van der Waals surface area (Å²) in [5, 5.41) is 19.9. The van der Waals surface area contributed by atoms with Crippen molar-refractivity contribution in [1.29, 1.82) is 0 Å². The van der Waals surface area contributed by atoms with Gasteiger partial charge in [-0.15, -0.1) is 0 Å². The minimum absolute atomic E-state index is 0.150. The molecule has 0 aliphatic rings. The van der Waals surface area contributed by atoms with Gasteiger partial charge in [0.05, 0.1) is 6.61 Å². The maximum absolute atomic E-state index is 8.51. The molecule has 0 rings (SSSR count). The van der Waals surface area contributed by atoms with Crippen LogP contribution in [-0.4, -0.2) is 36.0 Å². The van der Waals surface area contributed by atoms with E-state index in [0.717, 1.165) is 13.0 Å². The van der Waals surface area contributed by atoms with Crippen molar-refractivity contribution in [3.8, 4) is 0 Å². The highest BCUT2D eigenvalue weighted by Crippen LogP contribution is 1.78. The first kappa shape index (κ1) is 8.88. The molecule has 3 heteroatoms. The molecule has 0 aromatic rings. The fourth-order valence-electron chi connectivity index (χ4n) is 0.492. The molecule has 9 heavy (non-hydrogen) atoms. The Morgan fingerprint density at radius 1 is 1.44 bits per heavy atom. The lowest BCUT2D eigenvalue weighted by molar-refractivity contribution is 0.242. The number of hydrogen-bond donors (Lipinski definition) is 3. The van der Waals surface area contributed by atoms with Gasteiger partial charge in [-0.1, -0.05) is 0 Å². The summed E-state index contributed by atoms with van der Waals surface area (Å²) in [5.41, 5.74) is 0. The summed E-state index contributed by atoms with van der Waals surface area (Å²) in [4.78, 5) is 0. The lowest BCUT2D eigenvalue weighted by Gasteiger charge is -2.08. The summed E-state index contributed by atoms with van der Waals surface area (Å²) in [6.45, 7) is 3.05. The SMILES string of the molecule is C[C@@H](CO)NCCCO. The van der Waals surface area contributed by atoms with Gasteiger partial charge in [0.2, 0.25) is 0 Å². The van der Waals surface area contributed by atoms with Crippen LogP contribution in [0.1, 0.15) is 13.3 Å². The highest BCUT2D eigenvalue weighted by Gasteiger charge is 1.94. The Morgan fingerprint density at radius 3 is 2.56 bits per heavy atom. The summed E-state index contributed by atoms with van der Waals surface area (Å²) in [6.07, 6.45) is 0.754. The maximum Gasteiger partial charge on any atom is 0.0581 e. The quantitative estimate of drug-likeness (QED) is 0.436. The molecule has 56 valence electrons. The first-order chi connectivity index (χ1) is 4.31. The molecule has 0 amide bonds. The van der Waals surface area contributed by atoms with Crippen LogP contribution >= 0.6 is 0 Å². The smallest absolute Gasteiger partial charge is 0.0581 e. The van der Waals surface area contributed by atoms with Crippen molar-refractivity contribution in [2.75, 3.05) is 19.8 Å². The van der Waals surface area contributed by atoms with E-state index in [1.807, 2.05) is 6.92 Å². The van der Waals surface area contributed by atoms with Gasteiger partial charge in [0, 0.05) is 12.6 Å². The summed E-state index contributed by atoms with van der Waals surface area (Å²) < 4.78 is 0. The molecule has 0 bridgehead atoms. The van der Waals surface area contributed by atoms with E-state index in [0.29, 0.717) is 0 Å². The lowest BCUT2D eigenvalue weighted by Crippen LogP contribution is -2.30. The molecule has 0 aromatic heterocycles. The van der Waals surface area contributed by atoms with Crippen LogP contribution in [0.2, 0.25) is 0 Å². The second-order valence-electron chi connectivity index (χ2n) is 2.11. The molecule has 3 N–H and O–H groups in total. The fourth-order valence-corrected chi connectivity index (χ4v) is 0.492. The van der Waals surface area contributed by atoms with Crippen LogP contribution in [0.15, 0.2) is 0 Å². The van der Waals surface area contributed by atoms with Gasteiger partial charge >= 0.3 is 0 Å². The molecule has 1 atom stereocenters. The van der Waals surface area contributed by atoms with Gasteiger partial charge < -0.3 is 15.5 Å². The van der Waals surface area contributed by atoms with E-state index in [1.165, 1.54) is 0 Å². The molecule has 3 nitrogen and oxygen atoms in total. The van der Waals surface area contributed by atoms with Crippen molar-refractivity contribution in [3.05, 3.63) is 0 Å². The average Bonchev–Trinajstić information content (AvgIpc) is 1.89. The third kappa shape index (κ3) is 5.76. The predicted molar refractivity (Wildman–Crippen MR) is 36.3 cm³/mol. The molecule has 0 aliphatic carbocycles. The van der Waals surface area contributed by atoms with Crippen LogP contribution in [0.5, 0.6) is 0 Å². The second kappa shape index (κ2) is 6.01. The topological polar surface area (TPSA) is 52.5 Å². The zero-order chi connectivity index (χ0) is 7.11. The van der Waals surface area contributed by atoms with E-state index in [1.54, 1.807) is 0 Å². The molecule has 0 saturated heterocycles. The van der Waals surface area contributed by atoms with Crippen LogP contribution < -0.4 is 5.32 Å². The van der Waals surface area contributed by atoms with Crippen LogP contribution in [0, 0.1) is 0 Å². The first-order valence-corrected chi connectivity index (χ1v) is 3.26. The van der Waals surface area contributed by atoms with E-state index in [2.05, 4.69) is 5.32 Å². The molecule has 0 radical (unpaired) electrons. The Kier molecular flexibility index (Phi) is 5.93. The lowest BCUT2D eigenvalue weighted by atomic mass is 10.3. The Morgan fingerprint density at radius 2 is 2.11 bits per heavy atom. The van der Waals surface area contributed by atoms with Crippen molar-refractivity contribution < 1.29 is 10.2 Å². The molecule has 0 spiro atoms. The number of rotatable bonds is 5. The molecule has 0 fully saturated rings. The van der Waals surface area contributed by atoms with Gasteiger partial charge in [-0.3, -0.25) is 0 Å². The van der Waals surface area contributed by atoms with Crippen molar-refractivity contribution in [1.82, 2.24) is 5.32 Å². The number of aliphatic hydroxyl groups excluding tert-OH is 2. The van der Waals surface area contributed by atoms with Gasteiger partial charge in [-0.05, 0) is 19.9 Å². The molecule has 0 aromatic carbocycles. The first-order valence-electron chi connectivity index (χ1n) is 3.26. The number of hydrogen-bond acceptors (Lipinski definition) is 3. The summed E-state index contributed by atoms with van der Waals surface area (Å²) >= 11 is 0. The minimum Gasteiger partial charge on any atom is -0.396 e. The van der Waals surface area contributed by atoms with Gasteiger partial charge in [0.15, 0.2) is 0 Å². The van der Waals surface area contributed by atoms with Gasteiger partial charge in [0.25, 0.3) is 0 Å². The molecular formula is C6H15NO2.